The molecule has 0 saturated heterocycles. The summed E-state index contributed by atoms with van der Waals surface area (Å²) in [6.07, 6.45) is 0.894. The second kappa shape index (κ2) is 5.92. The van der Waals surface area contributed by atoms with Gasteiger partial charge in [0.2, 0.25) is 10.0 Å². The van der Waals surface area contributed by atoms with E-state index in [1.54, 1.807) is 22.1 Å². The number of sulfonamides is 1. The summed E-state index contributed by atoms with van der Waals surface area (Å²) >= 11 is 0. The molecule has 0 saturated carbocycles. The third-order valence-corrected chi connectivity index (χ3v) is 2.59. The van der Waals surface area contributed by atoms with E-state index in [9.17, 15) is 8.42 Å². The molecule has 0 amide bonds. The summed E-state index contributed by atoms with van der Waals surface area (Å²) < 4.78 is 29.7. The average Bonchev–Trinajstić information content (AvgIpc) is 2.20. The number of aryl methyl sites for hydroxylation is 1. The summed E-state index contributed by atoms with van der Waals surface area (Å²) in [6, 6.07) is 6.57. The first-order valence-corrected chi connectivity index (χ1v) is 5.81. The fourth-order valence-electron chi connectivity index (χ4n) is 0.915. The fourth-order valence-corrected chi connectivity index (χ4v) is 1.43. The minimum absolute atomic E-state index is 0.166. The molecule has 1 rings (SSSR count). The van der Waals surface area contributed by atoms with Gasteiger partial charge in [0.05, 0.1) is 4.90 Å². The number of rotatable bonds is 2. The van der Waals surface area contributed by atoms with Crippen LogP contribution in [0.4, 0.5) is 0 Å². The molecule has 0 spiro atoms. The Balaban J connectivity index is 0.000000791. The second-order valence-electron chi connectivity index (χ2n) is 2.54. The maximum atomic E-state index is 10.8. The normalized spacial score (nSPS) is 10.0. The van der Waals surface area contributed by atoms with Gasteiger partial charge in [-0.05, 0) is 24.1 Å². The number of hydrogen-bond donors (Lipinski definition) is 1. The number of hydrogen-bond acceptors (Lipinski definition) is 2. The summed E-state index contributed by atoms with van der Waals surface area (Å²) in [4.78, 5) is 0.166. The number of benzene rings is 1. The molecule has 6 heteroatoms. The Bertz CT molecular complexity index is 396. The van der Waals surface area contributed by atoms with Gasteiger partial charge < -0.3 is 0 Å². The third kappa shape index (κ3) is 4.01. The van der Waals surface area contributed by atoms with Crippen molar-refractivity contribution in [2.24, 2.45) is 5.14 Å². The van der Waals surface area contributed by atoms with Crippen LogP contribution in [0.1, 0.15) is 12.5 Å². The molecule has 0 aliphatic heterocycles. The van der Waals surface area contributed by atoms with Crippen LogP contribution in [0.2, 0.25) is 0 Å². The Morgan fingerprint density at radius 1 is 1.29 bits per heavy atom. The molecule has 76 valence electrons. The summed E-state index contributed by atoms with van der Waals surface area (Å²) in [5.41, 5.74) is 1.10. The van der Waals surface area contributed by atoms with E-state index in [1.807, 2.05) is 6.92 Å². The Morgan fingerprint density at radius 2 is 1.71 bits per heavy atom. The summed E-state index contributed by atoms with van der Waals surface area (Å²) in [5, 5.41) is 4.92. The standard InChI is InChI=1S/C8H11NO2S.OSi/c1-2-7-3-5-8(6-4-7)12(9,10)11;1-2/h3-6H,2H2,1H3,(H2,9,10,11);. The molecule has 0 aromatic heterocycles. The number of nitrogens with two attached hydrogens (primary N) is 1. The van der Waals surface area contributed by atoms with Gasteiger partial charge in [0, 0.05) is 0 Å². The van der Waals surface area contributed by atoms with E-state index in [1.165, 1.54) is 12.1 Å². The molecule has 1 aromatic carbocycles. The quantitative estimate of drug-likeness (QED) is 0.588. The van der Waals surface area contributed by atoms with Crippen molar-refractivity contribution >= 4 is 20.0 Å². The molecular formula is C8H11NO3SSi. The molecule has 4 nitrogen and oxygen atoms in total. The van der Waals surface area contributed by atoms with E-state index in [4.69, 9.17) is 9.44 Å². The van der Waals surface area contributed by atoms with Crippen LogP contribution in [0.15, 0.2) is 29.2 Å². The van der Waals surface area contributed by atoms with Gasteiger partial charge in [-0.3, -0.25) is 0 Å². The minimum atomic E-state index is -3.53. The van der Waals surface area contributed by atoms with E-state index >= 15 is 0 Å². The molecule has 0 heterocycles. The predicted molar refractivity (Wildman–Crippen MR) is 53.6 cm³/mol. The number of primary sulfonamides is 1. The van der Waals surface area contributed by atoms with Gasteiger partial charge in [-0.15, -0.1) is 0 Å². The van der Waals surface area contributed by atoms with Gasteiger partial charge in [0.25, 0.3) is 0 Å². The summed E-state index contributed by atoms with van der Waals surface area (Å²) in [5.74, 6) is 0. The van der Waals surface area contributed by atoms with Gasteiger partial charge in [-0.25, -0.2) is 13.6 Å². The first-order chi connectivity index (χ1) is 6.54. The van der Waals surface area contributed by atoms with Crippen molar-refractivity contribution < 1.29 is 12.7 Å². The van der Waals surface area contributed by atoms with Crippen molar-refractivity contribution in [3.05, 3.63) is 29.8 Å². The van der Waals surface area contributed by atoms with E-state index < -0.39 is 10.0 Å². The topological polar surface area (TPSA) is 80.1 Å². The maximum absolute atomic E-state index is 10.8. The van der Waals surface area contributed by atoms with Crippen LogP contribution in [-0.4, -0.2) is 18.4 Å². The molecule has 0 unspecified atom stereocenters. The van der Waals surface area contributed by atoms with E-state index in [0.29, 0.717) is 0 Å². The molecule has 0 fully saturated rings. The van der Waals surface area contributed by atoms with Crippen LogP contribution in [0.25, 0.3) is 0 Å². The molecule has 0 atom stereocenters. The van der Waals surface area contributed by atoms with Crippen LogP contribution in [0.5, 0.6) is 0 Å². The molecule has 0 radical (unpaired) electrons. The predicted octanol–water partition coefficient (Wildman–Crippen LogP) is 0.397. The van der Waals surface area contributed by atoms with E-state index in [2.05, 4.69) is 0 Å². The van der Waals surface area contributed by atoms with Crippen LogP contribution in [0, 0.1) is 0 Å². The fraction of sp³-hybridized carbons (Fsp3) is 0.250. The van der Waals surface area contributed by atoms with Crippen molar-refractivity contribution in [1.29, 1.82) is 0 Å². The zero-order valence-electron chi connectivity index (χ0n) is 7.73. The monoisotopic (exact) mass is 229 g/mol. The Labute approximate surface area is 86.4 Å². The Hall–Kier alpha value is -0.693. The van der Waals surface area contributed by atoms with Crippen molar-refractivity contribution in [2.45, 2.75) is 18.2 Å². The SMILES string of the molecule is CCc1ccc(S(N)(=O)=O)cc1.[O+]#[Si-]. The van der Waals surface area contributed by atoms with E-state index in [0.717, 1.165) is 12.0 Å². The zero-order valence-corrected chi connectivity index (χ0v) is 9.54. The van der Waals surface area contributed by atoms with Crippen LogP contribution in [-0.2, 0) is 20.7 Å². The second-order valence-corrected chi connectivity index (χ2v) is 4.10. The summed E-state index contributed by atoms with van der Waals surface area (Å²) in [7, 11) is -1.81. The van der Waals surface area contributed by atoms with Gasteiger partial charge in [0.1, 0.15) is 0 Å². The first-order valence-electron chi connectivity index (χ1n) is 3.86. The Morgan fingerprint density at radius 3 is 2.00 bits per heavy atom. The third-order valence-electron chi connectivity index (χ3n) is 1.66. The molecule has 2 N–H and O–H groups in total. The van der Waals surface area contributed by atoms with Gasteiger partial charge in [0.15, 0.2) is 0 Å². The van der Waals surface area contributed by atoms with Crippen molar-refractivity contribution in [3.8, 4) is 0 Å². The van der Waals surface area contributed by atoms with Crippen molar-refractivity contribution in [1.82, 2.24) is 0 Å². The van der Waals surface area contributed by atoms with Crippen molar-refractivity contribution in [3.63, 3.8) is 0 Å². The molecule has 14 heavy (non-hydrogen) atoms. The molecule has 0 aliphatic rings. The summed E-state index contributed by atoms with van der Waals surface area (Å²) in [6.45, 7) is 2.01. The van der Waals surface area contributed by atoms with Crippen LogP contribution < -0.4 is 5.14 Å². The van der Waals surface area contributed by atoms with E-state index in [-0.39, 0.29) is 4.90 Å². The van der Waals surface area contributed by atoms with Crippen molar-refractivity contribution in [2.75, 3.05) is 0 Å². The zero-order chi connectivity index (χ0) is 11.2. The molecule has 0 bridgehead atoms. The van der Waals surface area contributed by atoms with Gasteiger partial charge >= 0.3 is 14.3 Å². The first kappa shape index (κ1) is 13.3. The average molecular weight is 229 g/mol. The molecular weight excluding hydrogens is 218 g/mol. The van der Waals surface area contributed by atoms with Gasteiger partial charge in [-0.2, -0.15) is 0 Å². The van der Waals surface area contributed by atoms with Gasteiger partial charge in [-0.1, -0.05) is 19.1 Å². The van der Waals surface area contributed by atoms with Crippen LogP contribution in [0.3, 0.4) is 0 Å². The Kier molecular flexibility index (Phi) is 5.62. The molecule has 0 aliphatic carbocycles. The molecule has 1 aromatic rings. The van der Waals surface area contributed by atoms with Crippen LogP contribution >= 0.6 is 0 Å².